The normalized spacial score (nSPS) is 11.7. The van der Waals surface area contributed by atoms with Crippen LogP contribution in [-0.4, -0.2) is 66.7 Å². The summed E-state index contributed by atoms with van der Waals surface area (Å²) in [6, 6.07) is 9.31. The maximum Gasteiger partial charge on any atom is 0.337 e. The molecule has 2 aromatic carbocycles. The maximum absolute atomic E-state index is 12.8. The summed E-state index contributed by atoms with van der Waals surface area (Å²) in [6.45, 7) is -0.590. The van der Waals surface area contributed by atoms with E-state index in [-0.39, 0.29) is 11.5 Å². The zero-order chi connectivity index (χ0) is 26.2. The van der Waals surface area contributed by atoms with Crippen molar-refractivity contribution in [2.45, 2.75) is 17.4 Å². The summed E-state index contributed by atoms with van der Waals surface area (Å²) < 4.78 is 25.6. The minimum Gasteiger partial charge on any atom is -0.481 e. The van der Waals surface area contributed by atoms with Gasteiger partial charge in [-0.1, -0.05) is 18.2 Å². The molecule has 2 rings (SSSR count). The molecule has 1 atom stereocenters. The number of aromatic carboxylic acids is 1. The van der Waals surface area contributed by atoms with Crippen LogP contribution in [0.1, 0.15) is 27.1 Å². The summed E-state index contributed by atoms with van der Waals surface area (Å²) in [5, 5.41) is 22.9. The number of sulfone groups is 1. The fourth-order valence-electron chi connectivity index (χ4n) is 3.04. The fraction of sp³-hybridized carbons (Fsp3) is 0.190. The van der Waals surface area contributed by atoms with Crippen molar-refractivity contribution < 1.29 is 37.8 Å². The highest BCUT2D eigenvalue weighted by atomic mass is 32.2. The summed E-state index contributed by atoms with van der Waals surface area (Å²) in [5.41, 5.74) is 10.5. The number of nitrogens with one attached hydrogen (secondary N) is 2. The number of guanidine groups is 1. The third-order valence-corrected chi connectivity index (χ3v) is 6.30. The van der Waals surface area contributed by atoms with Crippen molar-refractivity contribution in [2.24, 2.45) is 16.5 Å². The van der Waals surface area contributed by atoms with E-state index in [2.05, 4.69) is 15.6 Å². The number of nitrogens with two attached hydrogens (primary N) is 2. The molecule has 8 N–H and O–H groups in total. The lowest BCUT2D eigenvalue weighted by Gasteiger charge is -2.18. The number of rotatable bonds is 11. The average molecular weight is 506 g/mol. The third-order valence-electron chi connectivity index (χ3n) is 4.44. The number of carbonyl (C=O) groups excluding carboxylic acids is 2. The zero-order valence-electron chi connectivity index (χ0n) is 18.2. The SMILES string of the molecule is NC(N)=Nc1cccc(C(=O)NCC(=O)N[C@H](CC(=O)O)CS(=O)(=O)c2ccccc2C(=O)O)c1. The number of hydrogen-bond acceptors (Lipinski definition) is 7. The van der Waals surface area contributed by atoms with E-state index in [1.165, 1.54) is 30.3 Å². The van der Waals surface area contributed by atoms with Crippen molar-refractivity contribution in [3.05, 3.63) is 59.7 Å². The van der Waals surface area contributed by atoms with E-state index in [4.69, 9.17) is 16.6 Å². The van der Waals surface area contributed by atoms with E-state index >= 15 is 0 Å². The van der Waals surface area contributed by atoms with E-state index in [9.17, 15) is 32.7 Å². The van der Waals surface area contributed by atoms with Gasteiger partial charge in [0.1, 0.15) is 0 Å². The molecule has 0 unspecified atom stereocenters. The molecule has 0 saturated carbocycles. The number of carboxylic acids is 2. The smallest absolute Gasteiger partial charge is 0.337 e. The number of hydrogen-bond donors (Lipinski definition) is 6. The highest BCUT2D eigenvalue weighted by molar-refractivity contribution is 7.91. The van der Waals surface area contributed by atoms with Gasteiger partial charge in [-0.05, 0) is 30.3 Å². The van der Waals surface area contributed by atoms with Crippen molar-refractivity contribution in [3.8, 4) is 0 Å². The Morgan fingerprint density at radius 2 is 1.69 bits per heavy atom. The molecule has 0 fully saturated rings. The highest BCUT2D eigenvalue weighted by Crippen LogP contribution is 2.19. The van der Waals surface area contributed by atoms with Crippen LogP contribution >= 0.6 is 0 Å². The first kappa shape index (κ1) is 26.8. The molecule has 186 valence electrons. The van der Waals surface area contributed by atoms with E-state index in [0.717, 1.165) is 12.1 Å². The molecule has 13 nitrogen and oxygen atoms in total. The lowest BCUT2D eigenvalue weighted by atomic mass is 10.2. The number of benzene rings is 2. The van der Waals surface area contributed by atoms with Gasteiger partial charge in [0.2, 0.25) is 5.91 Å². The van der Waals surface area contributed by atoms with Gasteiger partial charge in [0.25, 0.3) is 5.91 Å². The number of nitrogens with zero attached hydrogens (tertiary/aromatic N) is 1. The molecule has 0 aliphatic rings. The third kappa shape index (κ3) is 8.12. The van der Waals surface area contributed by atoms with Crippen LogP contribution in [0.15, 0.2) is 58.4 Å². The molecular weight excluding hydrogens is 482 g/mol. The van der Waals surface area contributed by atoms with Crippen molar-refractivity contribution in [2.75, 3.05) is 12.3 Å². The van der Waals surface area contributed by atoms with Crippen LogP contribution in [0.3, 0.4) is 0 Å². The number of carboxylic acid groups (broad SMARTS) is 2. The molecule has 0 aliphatic carbocycles. The van der Waals surface area contributed by atoms with Crippen LogP contribution in [0.25, 0.3) is 0 Å². The van der Waals surface area contributed by atoms with E-state index < -0.39 is 68.8 Å². The van der Waals surface area contributed by atoms with Crippen LogP contribution in [0.5, 0.6) is 0 Å². The van der Waals surface area contributed by atoms with Crippen LogP contribution in [0.2, 0.25) is 0 Å². The predicted molar refractivity (Wildman–Crippen MR) is 124 cm³/mol. The fourth-order valence-corrected chi connectivity index (χ4v) is 4.73. The van der Waals surface area contributed by atoms with Crippen LogP contribution < -0.4 is 22.1 Å². The summed E-state index contributed by atoms with van der Waals surface area (Å²) in [7, 11) is -4.29. The Labute approximate surface area is 199 Å². The molecule has 0 aliphatic heterocycles. The number of aliphatic carboxylic acids is 1. The average Bonchev–Trinajstić information content (AvgIpc) is 2.76. The van der Waals surface area contributed by atoms with Gasteiger partial charge >= 0.3 is 11.9 Å². The minimum absolute atomic E-state index is 0.134. The second kappa shape index (κ2) is 11.6. The van der Waals surface area contributed by atoms with Crippen LogP contribution in [-0.2, 0) is 19.4 Å². The molecule has 0 saturated heterocycles. The Bertz CT molecular complexity index is 1270. The van der Waals surface area contributed by atoms with Crippen molar-refractivity contribution >= 4 is 45.2 Å². The monoisotopic (exact) mass is 505 g/mol. The Morgan fingerprint density at radius 1 is 1.00 bits per heavy atom. The predicted octanol–water partition coefficient (Wildman–Crippen LogP) is -0.547. The standard InChI is InChI=1S/C21H23N5O8S/c22-21(23)26-13-5-3-4-12(8-13)19(30)24-10-17(27)25-14(9-18(28)29)11-35(33,34)16-7-2-1-6-15(16)20(31)32/h1-8,14H,9-11H2,(H,24,30)(H,25,27)(H,28,29)(H,31,32)(H4,22,23,26)/t14-/m1/s1. The van der Waals surface area contributed by atoms with Crippen molar-refractivity contribution in [1.82, 2.24) is 10.6 Å². The van der Waals surface area contributed by atoms with Crippen LogP contribution in [0, 0.1) is 0 Å². The number of carbonyl (C=O) groups is 4. The molecule has 35 heavy (non-hydrogen) atoms. The summed E-state index contributed by atoms with van der Waals surface area (Å²) in [6.07, 6.45) is -0.755. The van der Waals surface area contributed by atoms with Gasteiger partial charge in [-0.3, -0.25) is 14.4 Å². The van der Waals surface area contributed by atoms with Gasteiger partial charge in [-0.15, -0.1) is 0 Å². The molecule has 0 radical (unpaired) electrons. The van der Waals surface area contributed by atoms with Gasteiger partial charge < -0.3 is 32.3 Å². The van der Waals surface area contributed by atoms with E-state index in [0.29, 0.717) is 5.69 Å². The van der Waals surface area contributed by atoms with Crippen molar-refractivity contribution in [1.29, 1.82) is 0 Å². The Hall–Kier alpha value is -4.46. The Morgan fingerprint density at radius 3 is 2.31 bits per heavy atom. The van der Waals surface area contributed by atoms with Gasteiger partial charge in [-0.25, -0.2) is 18.2 Å². The zero-order valence-corrected chi connectivity index (χ0v) is 19.0. The van der Waals surface area contributed by atoms with Crippen LogP contribution in [0.4, 0.5) is 5.69 Å². The first-order chi connectivity index (χ1) is 16.4. The molecular formula is C21H23N5O8S. The van der Waals surface area contributed by atoms with Gasteiger partial charge in [0.05, 0.1) is 40.9 Å². The highest BCUT2D eigenvalue weighted by Gasteiger charge is 2.28. The summed E-state index contributed by atoms with van der Waals surface area (Å²) in [5.74, 6) is -5.47. The molecule has 2 amide bonds. The maximum atomic E-state index is 12.8. The molecule has 0 spiro atoms. The van der Waals surface area contributed by atoms with Crippen molar-refractivity contribution in [3.63, 3.8) is 0 Å². The molecule has 14 heteroatoms. The van der Waals surface area contributed by atoms with E-state index in [1.54, 1.807) is 6.07 Å². The van der Waals surface area contributed by atoms with Gasteiger partial charge in [0.15, 0.2) is 15.8 Å². The first-order valence-electron chi connectivity index (χ1n) is 9.93. The second-order valence-corrected chi connectivity index (χ2v) is 9.22. The second-order valence-electron chi connectivity index (χ2n) is 7.21. The quantitative estimate of drug-likeness (QED) is 0.168. The summed E-state index contributed by atoms with van der Waals surface area (Å²) >= 11 is 0. The minimum atomic E-state index is -4.29. The molecule has 2 aromatic rings. The van der Waals surface area contributed by atoms with Gasteiger partial charge in [0, 0.05) is 5.56 Å². The summed E-state index contributed by atoms with van der Waals surface area (Å²) in [4.78, 5) is 50.5. The lowest BCUT2D eigenvalue weighted by Crippen LogP contribution is -2.45. The largest absolute Gasteiger partial charge is 0.481 e. The molecule has 0 aromatic heterocycles. The van der Waals surface area contributed by atoms with Gasteiger partial charge in [-0.2, -0.15) is 0 Å². The number of amides is 2. The molecule has 0 bridgehead atoms. The Kier molecular flexibility index (Phi) is 8.88. The van der Waals surface area contributed by atoms with E-state index in [1.807, 2.05) is 0 Å². The Balaban J connectivity index is 2.09. The first-order valence-corrected chi connectivity index (χ1v) is 11.6. The lowest BCUT2D eigenvalue weighted by molar-refractivity contribution is -0.137. The molecule has 0 heterocycles. The number of aliphatic imine (C=N–C) groups is 1. The topological polar surface area (TPSA) is 231 Å².